The highest BCUT2D eigenvalue weighted by atomic mass is 16.3. The summed E-state index contributed by atoms with van der Waals surface area (Å²) in [5.41, 5.74) is -0.500. The molecule has 0 aromatic carbocycles. The predicted octanol–water partition coefficient (Wildman–Crippen LogP) is 0.809. The van der Waals surface area contributed by atoms with Crippen molar-refractivity contribution in [3.05, 3.63) is 18.2 Å². The van der Waals surface area contributed by atoms with Gasteiger partial charge in [-0.15, -0.1) is 0 Å². The Morgan fingerprint density at radius 1 is 1.56 bits per heavy atom. The highest BCUT2D eigenvalue weighted by Crippen LogP contribution is 2.20. The normalized spacial score (nSPS) is 27.2. The summed E-state index contributed by atoms with van der Waals surface area (Å²) in [6, 6.07) is 0. The van der Waals surface area contributed by atoms with Crippen LogP contribution in [-0.4, -0.2) is 44.8 Å². The number of aromatic nitrogens is 2. The third-order valence-corrected chi connectivity index (χ3v) is 3.33. The maximum atomic E-state index is 9.99. The Morgan fingerprint density at radius 3 is 3.00 bits per heavy atom. The minimum absolute atomic E-state index is 0.500. The molecule has 1 fully saturated rings. The number of β-amino-alcohol motifs (C(OH)–C–C–N with tert-alkyl or cyclic N) is 1. The monoisotopic (exact) mass is 223 g/mol. The molecule has 16 heavy (non-hydrogen) atoms. The second-order valence-electron chi connectivity index (χ2n) is 5.08. The van der Waals surface area contributed by atoms with E-state index in [1.165, 1.54) is 0 Å². The molecule has 0 saturated carbocycles. The summed E-state index contributed by atoms with van der Waals surface area (Å²) in [4.78, 5) is 6.64. The number of hydrogen-bond donors (Lipinski definition) is 1. The fourth-order valence-corrected chi connectivity index (χ4v) is 2.41. The van der Waals surface area contributed by atoms with Gasteiger partial charge in [0.05, 0.1) is 5.60 Å². The van der Waals surface area contributed by atoms with Crippen LogP contribution < -0.4 is 0 Å². The number of piperidine rings is 1. The lowest BCUT2D eigenvalue weighted by Crippen LogP contribution is -2.46. The second-order valence-corrected chi connectivity index (χ2v) is 5.08. The van der Waals surface area contributed by atoms with E-state index >= 15 is 0 Å². The second kappa shape index (κ2) is 4.55. The molecule has 0 spiro atoms. The zero-order valence-corrected chi connectivity index (χ0v) is 10.2. The lowest BCUT2D eigenvalue weighted by Gasteiger charge is -2.36. The Bertz CT molecular complexity index is 346. The van der Waals surface area contributed by atoms with Crippen LogP contribution in [0.4, 0.5) is 0 Å². The summed E-state index contributed by atoms with van der Waals surface area (Å²) in [6.45, 7) is 4.80. The largest absolute Gasteiger partial charge is 0.389 e. The van der Waals surface area contributed by atoms with E-state index in [2.05, 4.69) is 14.5 Å². The van der Waals surface area contributed by atoms with E-state index in [-0.39, 0.29) is 0 Å². The van der Waals surface area contributed by atoms with Gasteiger partial charge in [-0.3, -0.25) is 0 Å². The van der Waals surface area contributed by atoms with Gasteiger partial charge >= 0.3 is 0 Å². The van der Waals surface area contributed by atoms with Crippen LogP contribution in [0.25, 0.3) is 0 Å². The Balaban J connectivity index is 1.84. The van der Waals surface area contributed by atoms with Crippen molar-refractivity contribution in [2.24, 2.45) is 7.05 Å². The molecule has 0 aliphatic carbocycles. The lowest BCUT2D eigenvalue weighted by atomic mass is 9.95. The highest BCUT2D eigenvalue weighted by molar-refractivity contribution is 4.92. The van der Waals surface area contributed by atoms with Gasteiger partial charge in [0.1, 0.15) is 5.82 Å². The molecule has 1 aliphatic heterocycles. The van der Waals surface area contributed by atoms with Crippen molar-refractivity contribution >= 4 is 0 Å². The van der Waals surface area contributed by atoms with Gasteiger partial charge in [0.15, 0.2) is 0 Å². The molecule has 4 nitrogen and oxygen atoms in total. The van der Waals surface area contributed by atoms with Gasteiger partial charge in [-0.05, 0) is 26.3 Å². The van der Waals surface area contributed by atoms with Crippen LogP contribution in [0, 0.1) is 0 Å². The van der Waals surface area contributed by atoms with Gasteiger partial charge in [-0.25, -0.2) is 4.98 Å². The molecule has 1 N–H and O–H groups in total. The molecular weight excluding hydrogens is 202 g/mol. The van der Waals surface area contributed by atoms with Crippen LogP contribution in [0.1, 0.15) is 25.6 Å². The Morgan fingerprint density at radius 2 is 2.38 bits per heavy atom. The molecule has 2 rings (SSSR count). The molecular formula is C12H21N3O. The van der Waals surface area contributed by atoms with E-state index in [9.17, 15) is 5.11 Å². The molecule has 1 atom stereocenters. The van der Waals surface area contributed by atoms with Crippen molar-refractivity contribution in [2.45, 2.75) is 31.8 Å². The lowest BCUT2D eigenvalue weighted by molar-refractivity contribution is -0.0152. The van der Waals surface area contributed by atoms with Gasteiger partial charge in [0, 0.05) is 39.0 Å². The summed E-state index contributed by atoms with van der Waals surface area (Å²) in [5.74, 6) is 1.12. The van der Waals surface area contributed by atoms with Crippen LogP contribution in [0.15, 0.2) is 12.4 Å². The molecule has 2 heterocycles. The Hall–Kier alpha value is -0.870. The molecule has 90 valence electrons. The van der Waals surface area contributed by atoms with Crippen molar-refractivity contribution < 1.29 is 5.11 Å². The van der Waals surface area contributed by atoms with Crippen LogP contribution in [0.5, 0.6) is 0 Å². The number of hydrogen-bond acceptors (Lipinski definition) is 3. The smallest absolute Gasteiger partial charge is 0.109 e. The molecule has 0 amide bonds. The number of aliphatic hydroxyl groups is 1. The van der Waals surface area contributed by atoms with E-state index < -0.39 is 5.60 Å². The molecule has 1 aromatic rings. The first-order chi connectivity index (χ1) is 7.57. The molecule has 0 radical (unpaired) electrons. The minimum atomic E-state index is -0.500. The topological polar surface area (TPSA) is 41.3 Å². The molecule has 4 heteroatoms. The number of nitrogens with zero attached hydrogens (tertiary/aromatic N) is 3. The fourth-order valence-electron chi connectivity index (χ4n) is 2.41. The van der Waals surface area contributed by atoms with Crippen LogP contribution >= 0.6 is 0 Å². The summed E-state index contributed by atoms with van der Waals surface area (Å²) in [7, 11) is 2.02. The van der Waals surface area contributed by atoms with Crippen molar-refractivity contribution in [3.8, 4) is 0 Å². The first kappa shape index (κ1) is 11.6. The molecule has 1 aromatic heterocycles. The van der Waals surface area contributed by atoms with Gasteiger partial charge in [0.2, 0.25) is 0 Å². The maximum absolute atomic E-state index is 9.99. The summed E-state index contributed by atoms with van der Waals surface area (Å²) in [6.07, 6.45) is 6.78. The van der Waals surface area contributed by atoms with E-state index in [1.54, 1.807) is 0 Å². The van der Waals surface area contributed by atoms with Crippen molar-refractivity contribution in [3.63, 3.8) is 0 Å². The number of imidazole rings is 1. The van der Waals surface area contributed by atoms with Crippen molar-refractivity contribution in [1.82, 2.24) is 14.5 Å². The van der Waals surface area contributed by atoms with Gasteiger partial charge in [0.25, 0.3) is 0 Å². The zero-order chi connectivity index (χ0) is 11.6. The van der Waals surface area contributed by atoms with Crippen LogP contribution in [0.3, 0.4) is 0 Å². The van der Waals surface area contributed by atoms with E-state index in [4.69, 9.17) is 0 Å². The molecule has 1 aliphatic rings. The standard InChI is InChI=1S/C12H21N3O/c1-12(16)5-3-7-15(10-12)8-4-11-13-6-9-14(11)2/h6,9,16H,3-5,7-8,10H2,1-2H3. The fraction of sp³-hybridized carbons (Fsp3) is 0.750. The maximum Gasteiger partial charge on any atom is 0.109 e. The first-order valence-corrected chi connectivity index (χ1v) is 5.98. The van der Waals surface area contributed by atoms with E-state index in [1.807, 2.05) is 26.4 Å². The number of aryl methyl sites for hydroxylation is 1. The summed E-state index contributed by atoms with van der Waals surface area (Å²) in [5, 5.41) is 9.99. The van der Waals surface area contributed by atoms with Gasteiger partial charge in [-0.2, -0.15) is 0 Å². The van der Waals surface area contributed by atoms with Gasteiger partial charge < -0.3 is 14.6 Å². The zero-order valence-electron chi connectivity index (χ0n) is 10.2. The van der Waals surface area contributed by atoms with Crippen LogP contribution in [-0.2, 0) is 13.5 Å². The quantitative estimate of drug-likeness (QED) is 0.824. The molecule has 1 saturated heterocycles. The van der Waals surface area contributed by atoms with Gasteiger partial charge in [-0.1, -0.05) is 0 Å². The Kier molecular flexibility index (Phi) is 3.30. The van der Waals surface area contributed by atoms with Crippen molar-refractivity contribution in [1.29, 1.82) is 0 Å². The first-order valence-electron chi connectivity index (χ1n) is 5.98. The average molecular weight is 223 g/mol. The average Bonchev–Trinajstić information content (AvgIpc) is 2.60. The number of likely N-dealkylation sites (tertiary alicyclic amines) is 1. The van der Waals surface area contributed by atoms with Crippen LogP contribution in [0.2, 0.25) is 0 Å². The number of rotatable bonds is 3. The predicted molar refractivity (Wildman–Crippen MR) is 63.2 cm³/mol. The molecule has 0 bridgehead atoms. The molecule has 1 unspecified atom stereocenters. The van der Waals surface area contributed by atoms with E-state index in [0.717, 1.165) is 44.7 Å². The highest BCUT2D eigenvalue weighted by Gasteiger charge is 2.27. The van der Waals surface area contributed by atoms with Crippen molar-refractivity contribution in [2.75, 3.05) is 19.6 Å². The third-order valence-electron chi connectivity index (χ3n) is 3.33. The minimum Gasteiger partial charge on any atom is -0.389 e. The SMILES string of the molecule is Cn1ccnc1CCN1CCCC(C)(O)C1. The summed E-state index contributed by atoms with van der Waals surface area (Å²) < 4.78 is 2.06. The van der Waals surface area contributed by atoms with E-state index in [0.29, 0.717) is 0 Å². The third kappa shape index (κ3) is 2.83. The summed E-state index contributed by atoms with van der Waals surface area (Å²) >= 11 is 0. The Labute approximate surface area is 96.9 Å².